The maximum atomic E-state index is 13.4. The van der Waals surface area contributed by atoms with Crippen molar-refractivity contribution in [3.05, 3.63) is 48.5 Å². The fraction of sp³-hybridized carbons (Fsp3) is 0.350. The minimum absolute atomic E-state index is 0.0466. The van der Waals surface area contributed by atoms with Gasteiger partial charge in [0.05, 0.1) is 24.8 Å². The van der Waals surface area contributed by atoms with Crippen LogP contribution in [0.15, 0.2) is 53.4 Å². The number of hydrogen-bond donors (Lipinski definition) is 1. The van der Waals surface area contributed by atoms with E-state index in [2.05, 4.69) is 5.32 Å². The van der Waals surface area contributed by atoms with Crippen LogP contribution in [-0.2, 0) is 14.8 Å². The number of methoxy groups -OCH3 is 2. The minimum Gasteiger partial charge on any atom is -0.497 e. The van der Waals surface area contributed by atoms with E-state index in [4.69, 9.17) is 9.47 Å². The van der Waals surface area contributed by atoms with Crippen LogP contribution >= 0.6 is 0 Å². The Bertz CT molecular complexity index is 914. The molecule has 0 aromatic heterocycles. The van der Waals surface area contributed by atoms with Gasteiger partial charge in [-0.2, -0.15) is 0 Å². The summed E-state index contributed by atoms with van der Waals surface area (Å²) in [7, 11) is 2.71. The van der Waals surface area contributed by atoms with Gasteiger partial charge < -0.3 is 19.7 Å². The fourth-order valence-corrected chi connectivity index (χ4v) is 4.05. The number of nitrogens with zero attached hydrogens (tertiary/aromatic N) is 2. The topological polar surface area (TPSA) is 88.2 Å². The molecule has 0 aliphatic rings. The first-order chi connectivity index (χ1) is 13.8. The summed E-state index contributed by atoms with van der Waals surface area (Å²) in [5, 5.41) is 2.75. The fourth-order valence-electron chi connectivity index (χ4n) is 2.62. The zero-order chi connectivity index (χ0) is 21.4. The molecule has 0 fully saturated rings. The second kappa shape index (κ2) is 10.1. The van der Waals surface area contributed by atoms with Crippen molar-refractivity contribution >= 4 is 21.6 Å². The Balaban J connectivity index is 2.39. The van der Waals surface area contributed by atoms with Crippen molar-refractivity contribution in [2.45, 2.75) is 4.90 Å². The number of para-hydroxylation sites is 2. The van der Waals surface area contributed by atoms with Crippen LogP contribution in [-0.4, -0.2) is 67.2 Å². The third kappa shape index (κ3) is 5.85. The molecule has 0 saturated carbocycles. The summed E-state index contributed by atoms with van der Waals surface area (Å²) < 4.78 is 38.2. The van der Waals surface area contributed by atoms with Crippen LogP contribution in [0.1, 0.15) is 0 Å². The summed E-state index contributed by atoms with van der Waals surface area (Å²) in [6.07, 6.45) is 0. The number of sulfonamides is 1. The van der Waals surface area contributed by atoms with Gasteiger partial charge in [-0.1, -0.05) is 12.1 Å². The number of rotatable bonds is 10. The molecule has 0 radical (unpaired) electrons. The number of nitrogens with one attached hydrogen (secondary N) is 1. The molecular weight excluding hydrogens is 394 g/mol. The van der Waals surface area contributed by atoms with E-state index >= 15 is 0 Å². The zero-order valence-corrected chi connectivity index (χ0v) is 17.9. The average Bonchev–Trinajstić information content (AvgIpc) is 2.71. The normalized spacial score (nSPS) is 11.2. The van der Waals surface area contributed by atoms with Crippen LogP contribution in [0.25, 0.3) is 0 Å². The van der Waals surface area contributed by atoms with E-state index in [-0.39, 0.29) is 17.1 Å². The molecular formula is C20H27N3O5S. The van der Waals surface area contributed by atoms with Crippen molar-refractivity contribution in [3.8, 4) is 11.5 Å². The smallest absolute Gasteiger partial charge is 0.264 e. The lowest BCUT2D eigenvalue weighted by Crippen LogP contribution is -2.42. The van der Waals surface area contributed by atoms with Gasteiger partial charge in [-0.25, -0.2) is 8.42 Å². The average molecular weight is 422 g/mol. The quantitative estimate of drug-likeness (QED) is 0.627. The largest absolute Gasteiger partial charge is 0.497 e. The number of ether oxygens (including phenoxy) is 2. The Hall–Kier alpha value is -2.78. The van der Waals surface area contributed by atoms with E-state index in [9.17, 15) is 13.2 Å². The van der Waals surface area contributed by atoms with E-state index in [0.29, 0.717) is 24.6 Å². The summed E-state index contributed by atoms with van der Waals surface area (Å²) in [5.74, 6) is 0.481. The van der Waals surface area contributed by atoms with Gasteiger partial charge in [0, 0.05) is 13.1 Å². The van der Waals surface area contributed by atoms with Gasteiger partial charge in [0.1, 0.15) is 18.0 Å². The Morgan fingerprint density at radius 1 is 1.00 bits per heavy atom. The lowest BCUT2D eigenvalue weighted by molar-refractivity contribution is -0.119. The molecule has 9 heteroatoms. The van der Waals surface area contributed by atoms with Gasteiger partial charge in [-0.3, -0.25) is 9.10 Å². The van der Waals surface area contributed by atoms with Gasteiger partial charge >= 0.3 is 0 Å². The molecule has 0 atom stereocenters. The van der Waals surface area contributed by atoms with E-state index in [1.807, 2.05) is 19.0 Å². The first-order valence-corrected chi connectivity index (χ1v) is 10.4. The maximum absolute atomic E-state index is 13.4. The van der Waals surface area contributed by atoms with Crippen LogP contribution < -0.4 is 19.1 Å². The molecule has 158 valence electrons. The minimum atomic E-state index is -4.02. The number of benzene rings is 2. The molecule has 2 aromatic carbocycles. The van der Waals surface area contributed by atoms with Crippen LogP contribution in [0, 0.1) is 0 Å². The van der Waals surface area contributed by atoms with Gasteiger partial charge in [0.2, 0.25) is 5.91 Å². The first kappa shape index (κ1) is 22.5. The molecule has 8 nitrogen and oxygen atoms in total. The van der Waals surface area contributed by atoms with Gasteiger partial charge in [-0.05, 0) is 50.5 Å². The third-order valence-corrected chi connectivity index (χ3v) is 5.94. The Morgan fingerprint density at radius 2 is 1.66 bits per heavy atom. The summed E-state index contributed by atoms with van der Waals surface area (Å²) >= 11 is 0. The second-order valence-corrected chi connectivity index (χ2v) is 8.37. The number of likely N-dealkylation sites (N-methyl/N-ethyl adjacent to an activating group) is 1. The van der Waals surface area contributed by atoms with Crippen molar-refractivity contribution in [1.29, 1.82) is 0 Å². The van der Waals surface area contributed by atoms with E-state index in [0.717, 1.165) is 4.31 Å². The molecule has 2 rings (SSSR count). The highest BCUT2D eigenvalue weighted by molar-refractivity contribution is 7.92. The highest BCUT2D eigenvalue weighted by Gasteiger charge is 2.29. The Kier molecular flexibility index (Phi) is 7.86. The standard InChI is InChI=1S/C20H27N3O5S/c1-22(2)14-13-21-20(24)15-23(18-7-5-6-8-19(18)28-4)29(25,26)17-11-9-16(27-3)10-12-17/h5-12H,13-15H2,1-4H3,(H,21,24). The van der Waals surface area contributed by atoms with Crippen molar-refractivity contribution in [3.63, 3.8) is 0 Å². The maximum Gasteiger partial charge on any atom is 0.264 e. The van der Waals surface area contributed by atoms with Gasteiger partial charge in [0.15, 0.2) is 0 Å². The monoisotopic (exact) mass is 421 g/mol. The van der Waals surface area contributed by atoms with Crippen molar-refractivity contribution in [2.24, 2.45) is 0 Å². The summed E-state index contributed by atoms with van der Waals surface area (Å²) in [6, 6.07) is 12.7. The molecule has 1 amide bonds. The van der Waals surface area contributed by atoms with Crippen LogP contribution in [0.2, 0.25) is 0 Å². The lowest BCUT2D eigenvalue weighted by Gasteiger charge is -2.25. The number of amides is 1. The lowest BCUT2D eigenvalue weighted by atomic mass is 10.3. The van der Waals surface area contributed by atoms with Gasteiger partial charge in [0.25, 0.3) is 10.0 Å². The van der Waals surface area contributed by atoms with Crippen LogP contribution in [0.3, 0.4) is 0 Å². The zero-order valence-electron chi connectivity index (χ0n) is 17.1. The van der Waals surface area contributed by atoms with Crippen molar-refractivity contribution in [2.75, 3.05) is 52.3 Å². The number of anilines is 1. The number of carbonyl (C=O) groups excluding carboxylic acids is 1. The SMILES string of the molecule is COc1ccc(S(=O)(=O)N(CC(=O)NCCN(C)C)c2ccccc2OC)cc1. The molecule has 0 aliphatic carbocycles. The molecule has 0 spiro atoms. The Labute approximate surface area is 172 Å². The highest BCUT2D eigenvalue weighted by Crippen LogP contribution is 2.32. The summed E-state index contributed by atoms with van der Waals surface area (Å²) in [4.78, 5) is 14.5. The van der Waals surface area contributed by atoms with E-state index in [1.165, 1.54) is 26.4 Å². The summed E-state index contributed by atoms with van der Waals surface area (Å²) in [6.45, 7) is 0.683. The molecule has 2 aromatic rings. The molecule has 0 heterocycles. The van der Waals surface area contributed by atoms with E-state index < -0.39 is 15.9 Å². The first-order valence-electron chi connectivity index (χ1n) is 9.01. The predicted octanol–water partition coefficient (Wildman–Crippen LogP) is 1.58. The molecule has 0 unspecified atom stereocenters. The molecule has 29 heavy (non-hydrogen) atoms. The second-order valence-electron chi connectivity index (χ2n) is 6.51. The Morgan fingerprint density at radius 3 is 2.24 bits per heavy atom. The summed E-state index contributed by atoms with van der Waals surface area (Å²) in [5.41, 5.74) is 0.286. The number of carbonyl (C=O) groups is 1. The van der Waals surface area contributed by atoms with Crippen molar-refractivity contribution in [1.82, 2.24) is 10.2 Å². The molecule has 0 aliphatic heterocycles. The molecule has 1 N–H and O–H groups in total. The molecule has 0 bridgehead atoms. The number of hydrogen-bond acceptors (Lipinski definition) is 6. The van der Waals surface area contributed by atoms with Crippen LogP contribution in [0.5, 0.6) is 11.5 Å². The van der Waals surface area contributed by atoms with Crippen molar-refractivity contribution < 1.29 is 22.7 Å². The molecule has 0 saturated heterocycles. The highest BCUT2D eigenvalue weighted by atomic mass is 32.2. The van der Waals surface area contributed by atoms with E-state index in [1.54, 1.807) is 36.4 Å². The third-order valence-electron chi connectivity index (χ3n) is 4.17. The predicted molar refractivity (Wildman–Crippen MR) is 112 cm³/mol. The van der Waals surface area contributed by atoms with Crippen LogP contribution in [0.4, 0.5) is 5.69 Å². The van der Waals surface area contributed by atoms with Gasteiger partial charge in [-0.15, -0.1) is 0 Å².